The first-order chi connectivity index (χ1) is 9.83. The van der Waals surface area contributed by atoms with Gasteiger partial charge in [-0.05, 0) is 46.0 Å². The largest absolute Gasteiger partial charge is 0.477 e. The fraction of sp³-hybridized carbons (Fsp3) is 0.615. The molecule has 2 heterocycles. The summed E-state index contributed by atoms with van der Waals surface area (Å²) in [6.45, 7) is 3.88. The zero-order chi connectivity index (χ0) is 15.6. The molecule has 1 aliphatic heterocycles. The summed E-state index contributed by atoms with van der Waals surface area (Å²) < 4.78 is 28.8. The number of nitrogens with zero attached hydrogens (tertiary/aromatic N) is 2. The summed E-state index contributed by atoms with van der Waals surface area (Å²) in [6, 6.07) is 1.12. The minimum atomic E-state index is -3.68. The summed E-state index contributed by atoms with van der Waals surface area (Å²) in [7, 11) is -1.67. The number of likely N-dealkylation sites (tertiary alicyclic amines) is 1. The number of piperidine rings is 1. The Bertz CT molecular complexity index is 615. The van der Waals surface area contributed by atoms with E-state index in [1.165, 1.54) is 16.8 Å². The van der Waals surface area contributed by atoms with Gasteiger partial charge in [0.1, 0.15) is 10.6 Å². The van der Waals surface area contributed by atoms with Gasteiger partial charge in [0.15, 0.2) is 0 Å². The molecule has 1 aromatic rings. The number of carboxylic acid groups (broad SMARTS) is 1. The minimum absolute atomic E-state index is 0.0127. The predicted octanol–water partition coefficient (Wildman–Crippen LogP) is 0.579. The van der Waals surface area contributed by atoms with Gasteiger partial charge in [0.25, 0.3) is 0 Å². The molecule has 0 spiro atoms. The zero-order valence-corrected chi connectivity index (χ0v) is 13.1. The fourth-order valence-electron chi connectivity index (χ4n) is 2.49. The lowest BCUT2D eigenvalue weighted by molar-refractivity contribution is 0.0685. The lowest BCUT2D eigenvalue weighted by Gasteiger charge is -2.29. The van der Waals surface area contributed by atoms with Crippen LogP contribution < -0.4 is 4.72 Å². The molecule has 8 heteroatoms. The van der Waals surface area contributed by atoms with Crippen molar-refractivity contribution >= 4 is 16.0 Å². The zero-order valence-electron chi connectivity index (χ0n) is 12.2. The first kappa shape index (κ1) is 16.0. The van der Waals surface area contributed by atoms with Crippen molar-refractivity contribution in [2.75, 3.05) is 20.1 Å². The Morgan fingerprint density at radius 3 is 2.52 bits per heavy atom. The summed E-state index contributed by atoms with van der Waals surface area (Å²) >= 11 is 0. The van der Waals surface area contributed by atoms with Crippen molar-refractivity contribution in [2.45, 2.75) is 37.2 Å². The molecule has 0 bridgehead atoms. The number of sulfonamides is 1. The highest BCUT2D eigenvalue weighted by Gasteiger charge is 2.26. The van der Waals surface area contributed by atoms with Crippen LogP contribution in [0.4, 0.5) is 0 Å². The van der Waals surface area contributed by atoms with Crippen LogP contribution in [0, 0.1) is 0 Å². The average molecular weight is 315 g/mol. The number of hydrogen-bond acceptors (Lipinski definition) is 4. The van der Waals surface area contributed by atoms with Crippen LogP contribution in [0.1, 0.15) is 30.3 Å². The third kappa shape index (κ3) is 3.63. The molecule has 0 saturated carbocycles. The maximum atomic E-state index is 12.4. The maximum absolute atomic E-state index is 12.4. The van der Waals surface area contributed by atoms with Gasteiger partial charge in [0.2, 0.25) is 10.0 Å². The van der Waals surface area contributed by atoms with Crippen LogP contribution in [0.3, 0.4) is 0 Å². The van der Waals surface area contributed by atoms with Gasteiger partial charge >= 0.3 is 5.97 Å². The first-order valence-electron chi connectivity index (χ1n) is 6.98. The number of carbonyl (C=O) groups is 1. The van der Waals surface area contributed by atoms with Crippen molar-refractivity contribution in [3.63, 3.8) is 0 Å². The van der Waals surface area contributed by atoms with E-state index in [4.69, 9.17) is 5.11 Å². The third-order valence-electron chi connectivity index (χ3n) is 3.78. The number of hydrogen-bond donors (Lipinski definition) is 2. The van der Waals surface area contributed by atoms with E-state index in [0.29, 0.717) is 6.54 Å². The van der Waals surface area contributed by atoms with Crippen LogP contribution in [0.2, 0.25) is 0 Å². The summed E-state index contributed by atoms with van der Waals surface area (Å²) in [5.41, 5.74) is -0.0127. The van der Waals surface area contributed by atoms with Crippen LogP contribution in [-0.2, 0) is 16.6 Å². The summed E-state index contributed by atoms with van der Waals surface area (Å²) in [5, 5.41) is 9.08. The van der Waals surface area contributed by atoms with Crippen molar-refractivity contribution in [3.05, 3.63) is 18.0 Å². The number of rotatable bonds is 5. The third-order valence-corrected chi connectivity index (χ3v) is 5.27. The Kier molecular flexibility index (Phi) is 4.70. The molecule has 1 saturated heterocycles. The second-order valence-corrected chi connectivity index (χ2v) is 7.07. The van der Waals surface area contributed by atoms with E-state index in [1.807, 2.05) is 7.05 Å². The number of aromatic nitrogens is 1. The number of aryl methyl sites for hydroxylation is 1. The normalized spacial score (nSPS) is 18.0. The lowest BCUT2D eigenvalue weighted by Crippen LogP contribution is -2.43. The summed E-state index contributed by atoms with van der Waals surface area (Å²) in [4.78, 5) is 13.3. The van der Waals surface area contributed by atoms with Gasteiger partial charge in [-0.1, -0.05) is 0 Å². The molecule has 1 fully saturated rings. The molecule has 0 aliphatic carbocycles. The molecule has 1 aliphatic rings. The molecule has 0 unspecified atom stereocenters. The van der Waals surface area contributed by atoms with E-state index in [1.54, 1.807) is 6.92 Å². The van der Waals surface area contributed by atoms with Gasteiger partial charge in [-0.15, -0.1) is 0 Å². The van der Waals surface area contributed by atoms with Crippen LogP contribution in [0.5, 0.6) is 0 Å². The summed E-state index contributed by atoms with van der Waals surface area (Å²) in [5.74, 6) is -1.13. The smallest absolute Gasteiger partial charge is 0.352 e. The van der Waals surface area contributed by atoms with E-state index in [2.05, 4.69) is 9.62 Å². The standard InChI is InChI=1S/C13H21N3O4S/c1-3-16-9-11(8-12(16)13(17)18)21(19,20)14-10-4-6-15(2)7-5-10/h8-10,14H,3-7H2,1-2H3,(H,17,18). The van der Waals surface area contributed by atoms with E-state index < -0.39 is 16.0 Å². The fourth-order valence-corrected chi connectivity index (χ4v) is 3.83. The van der Waals surface area contributed by atoms with E-state index in [9.17, 15) is 13.2 Å². The van der Waals surface area contributed by atoms with Gasteiger partial charge in [-0.2, -0.15) is 0 Å². The van der Waals surface area contributed by atoms with Crippen molar-refractivity contribution in [1.29, 1.82) is 0 Å². The maximum Gasteiger partial charge on any atom is 0.352 e. The van der Waals surface area contributed by atoms with E-state index in [0.717, 1.165) is 25.9 Å². The second kappa shape index (κ2) is 6.17. The molecular weight excluding hydrogens is 294 g/mol. The average Bonchev–Trinajstić information content (AvgIpc) is 2.86. The molecule has 2 N–H and O–H groups in total. The molecule has 0 atom stereocenters. The minimum Gasteiger partial charge on any atom is -0.477 e. The Hall–Kier alpha value is -1.38. The van der Waals surface area contributed by atoms with Crippen molar-refractivity contribution in [1.82, 2.24) is 14.2 Å². The van der Waals surface area contributed by atoms with Gasteiger partial charge in [-0.25, -0.2) is 17.9 Å². The molecule has 21 heavy (non-hydrogen) atoms. The number of nitrogens with one attached hydrogen (secondary N) is 1. The van der Waals surface area contributed by atoms with Gasteiger partial charge in [0, 0.05) is 18.8 Å². The van der Waals surface area contributed by atoms with Crippen LogP contribution in [-0.4, -0.2) is 55.1 Å². The van der Waals surface area contributed by atoms with Crippen molar-refractivity contribution in [3.8, 4) is 0 Å². The number of aromatic carboxylic acids is 1. The van der Waals surface area contributed by atoms with Gasteiger partial charge in [-0.3, -0.25) is 0 Å². The predicted molar refractivity (Wildman–Crippen MR) is 77.9 cm³/mol. The quantitative estimate of drug-likeness (QED) is 0.829. The molecule has 0 aromatic carbocycles. The second-order valence-electron chi connectivity index (χ2n) is 5.35. The number of carboxylic acids is 1. The monoisotopic (exact) mass is 315 g/mol. The van der Waals surface area contributed by atoms with Gasteiger partial charge < -0.3 is 14.6 Å². The van der Waals surface area contributed by atoms with Crippen LogP contribution in [0.15, 0.2) is 17.2 Å². The van der Waals surface area contributed by atoms with E-state index >= 15 is 0 Å². The van der Waals surface area contributed by atoms with Crippen LogP contribution >= 0.6 is 0 Å². The molecule has 1 aromatic heterocycles. The van der Waals surface area contributed by atoms with Crippen molar-refractivity contribution in [2.24, 2.45) is 0 Å². The highest BCUT2D eigenvalue weighted by molar-refractivity contribution is 7.89. The molecule has 118 valence electrons. The van der Waals surface area contributed by atoms with Gasteiger partial charge in [0.05, 0.1) is 0 Å². The topological polar surface area (TPSA) is 91.6 Å². The molecule has 7 nitrogen and oxygen atoms in total. The Balaban J connectivity index is 2.18. The Morgan fingerprint density at radius 1 is 1.43 bits per heavy atom. The van der Waals surface area contributed by atoms with E-state index in [-0.39, 0.29) is 16.6 Å². The lowest BCUT2D eigenvalue weighted by atomic mass is 10.1. The molecule has 0 radical (unpaired) electrons. The Morgan fingerprint density at radius 2 is 2.05 bits per heavy atom. The molecular formula is C13H21N3O4S. The molecule has 0 amide bonds. The SMILES string of the molecule is CCn1cc(S(=O)(=O)NC2CCN(C)CC2)cc1C(=O)O. The first-order valence-corrected chi connectivity index (χ1v) is 8.46. The highest BCUT2D eigenvalue weighted by Crippen LogP contribution is 2.17. The highest BCUT2D eigenvalue weighted by atomic mass is 32.2. The summed E-state index contributed by atoms with van der Waals surface area (Å²) in [6.07, 6.45) is 2.90. The van der Waals surface area contributed by atoms with Crippen LogP contribution in [0.25, 0.3) is 0 Å². The van der Waals surface area contributed by atoms with Crippen molar-refractivity contribution < 1.29 is 18.3 Å². The Labute approximate surface area is 124 Å². The molecule has 2 rings (SSSR count).